The van der Waals surface area contributed by atoms with Crippen LogP contribution in [0.2, 0.25) is 0 Å². The second-order valence-corrected chi connectivity index (χ2v) is 9.55. The summed E-state index contributed by atoms with van der Waals surface area (Å²) in [5.41, 5.74) is 4.04. The van der Waals surface area contributed by atoms with Crippen LogP contribution < -0.4 is 16.2 Å². The molecule has 2 aliphatic rings. The van der Waals surface area contributed by atoms with E-state index >= 15 is 0 Å². The lowest BCUT2D eigenvalue weighted by Crippen LogP contribution is -2.25. The standard InChI is InChI=1S/C26H26N8O/c1-16(2)33-24(35)20-15-29-25(30-19-8-7-17-9-12-28-14-18(17)13-19)32-23(20)34(33)22-6-4-5-21(31-22)26(27-3)10-11-26/h4-8,13,15-16,28H,9-12,14H2,1-2H3,(H,29,30,32). The molecule has 0 saturated heterocycles. The highest BCUT2D eigenvalue weighted by atomic mass is 16.1. The lowest BCUT2D eigenvalue weighted by Gasteiger charge is -2.18. The molecule has 0 spiro atoms. The monoisotopic (exact) mass is 466 g/mol. The molecule has 1 aliphatic carbocycles. The first-order chi connectivity index (χ1) is 17.0. The first-order valence-corrected chi connectivity index (χ1v) is 12.0. The molecule has 9 heteroatoms. The van der Waals surface area contributed by atoms with Crippen molar-refractivity contribution in [1.29, 1.82) is 0 Å². The van der Waals surface area contributed by atoms with Gasteiger partial charge in [0.25, 0.3) is 11.1 Å². The Kier molecular flexibility index (Phi) is 4.93. The highest BCUT2D eigenvalue weighted by molar-refractivity contribution is 5.77. The number of anilines is 2. The molecule has 9 nitrogen and oxygen atoms in total. The molecular weight excluding hydrogens is 440 g/mol. The summed E-state index contributed by atoms with van der Waals surface area (Å²) in [7, 11) is 0. The van der Waals surface area contributed by atoms with Crippen molar-refractivity contribution >= 4 is 22.7 Å². The highest BCUT2D eigenvalue weighted by Crippen LogP contribution is 2.48. The van der Waals surface area contributed by atoms with Crippen LogP contribution in [0.1, 0.15) is 49.6 Å². The Bertz CT molecular complexity index is 1550. The van der Waals surface area contributed by atoms with Gasteiger partial charge in [0.2, 0.25) is 5.95 Å². The van der Waals surface area contributed by atoms with E-state index in [0.29, 0.717) is 22.8 Å². The van der Waals surface area contributed by atoms with Crippen molar-refractivity contribution in [1.82, 2.24) is 29.6 Å². The van der Waals surface area contributed by atoms with Gasteiger partial charge in [-0.3, -0.25) is 4.79 Å². The van der Waals surface area contributed by atoms with Crippen LogP contribution in [0, 0.1) is 6.57 Å². The molecule has 4 aromatic rings. The van der Waals surface area contributed by atoms with E-state index in [9.17, 15) is 4.79 Å². The smallest absolute Gasteiger partial charge is 0.278 e. The number of nitrogens with one attached hydrogen (secondary N) is 2. The van der Waals surface area contributed by atoms with Gasteiger partial charge in [-0.2, -0.15) is 4.98 Å². The largest absolute Gasteiger partial charge is 0.324 e. The van der Waals surface area contributed by atoms with Gasteiger partial charge in [-0.05, 0) is 62.2 Å². The Morgan fingerprint density at radius 1 is 1.17 bits per heavy atom. The maximum absolute atomic E-state index is 13.3. The van der Waals surface area contributed by atoms with Crippen LogP contribution >= 0.6 is 0 Å². The minimum Gasteiger partial charge on any atom is -0.324 e. The SMILES string of the molecule is [C-]#[N+]C1(c2cccc(-n3c4nc(Nc5ccc6c(c5)CNCC6)ncc4c(=O)n3C(C)C)n2)CC1. The molecule has 1 aliphatic heterocycles. The summed E-state index contributed by atoms with van der Waals surface area (Å²) in [6.45, 7) is 13.4. The predicted octanol–water partition coefficient (Wildman–Crippen LogP) is 3.86. The van der Waals surface area contributed by atoms with Crippen LogP contribution in [-0.4, -0.2) is 30.9 Å². The van der Waals surface area contributed by atoms with Gasteiger partial charge in [0.15, 0.2) is 11.5 Å². The van der Waals surface area contributed by atoms with Crippen LogP contribution in [-0.2, 0) is 18.5 Å². The molecule has 4 heterocycles. The van der Waals surface area contributed by atoms with Crippen molar-refractivity contribution in [2.75, 3.05) is 11.9 Å². The summed E-state index contributed by atoms with van der Waals surface area (Å²) in [6.07, 6.45) is 4.22. The highest BCUT2D eigenvalue weighted by Gasteiger charge is 2.54. The van der Waals surface area contributed by atoms with Crippen molar-refractivity contribution in [3.8, 4) is 5.82 Å². The molecule has 176 valence electrons. The Morgan fingerprint density at radius 3 is 2.80 bits per heavy atom. The fraction of sp³-hybridized carbons (Fsp3) is 0.346. The molecule has 0 unspecified atom stereocenters. The van der Waals surface area contributed by atoms with Gasteiger partial charge in [-0.25, -0.2) is 25.9 Å². The Morgan fingerprint density at radius 2 is 2.03 bits per heavy atom. The molecule has 1 fully saturated rings. The van der Waals surface area contributed by atoms with Gasteiger partial charge in [0, 0.05) is 37.3 Å². The topological polar surface area (TPSA) is 94.0 Å². The maximum atomic E-state index is 13.3. The second-order valence-electron chi connectivity index (χ2n) is 9.55. The van der Waals surface area contributed by atoms with Gasteiger partial charge in [0.1, 0.15) is 11.1 Å². The summed E-state index contributed by atoms with van der Waals surface area (Å²) < 4.78 is 3.41. The van der Waals surface area contributed by atoms with Crippen molar-refractivity contribution < 1.29 is 0 Å². The van der Waals surface area contributed by atoms with Crippen LogP contribution in [0.4, 0.5) is 11.6 Å². The van der Waals surface area contributed by atoms with Crippen LogP contribution in [0.5, 0.6) is 0 Å². The summed E-state index contributed by atoms with van der Waals surface area (Å²) in [4.78, 5) is 31.1. The van der Waals surface area contributed by atoms with Gasteiger partial charge < -0.3 is 15.5 Å². The Hall–Kier alpha value is -4.03. The second kappa shape index (κ2) is 8.03. The fourth-order valence-corrected chi connectivity index (χ4v) is 4.78. The molecule has 0 radical (unpaired) electrons. The lowest BCUT2D eigenvalue weighted by atomic mass is 10.0. The fourth-order valence-electron chi connectivity index (χ4n) is 4.78. The maximum Gasteiger partial charge on any atom is 0.278 e. The number of nitrogens with zero attached hydrogens (tertiary/aromatic N) is 6. The van der Waals surface area contributed by atoms with E-state index in [2.05, 4.69) is 32.6 Å². The van der Waals surface area contributed by atoms with Crippen LogP contribution in [0.3, 0.4) is 0 Å². The van der Waals surface area contributed by atoms with Crippen molar-refractivity contribution in [3.63, 3.8) is 0 Å². The average Bonchev–Trinajstić information content (AvgIpc) is 3.62. The number of benzene rings is 1. The van der Waals surface area contributed by atoms with Crippen molar-refractivity contribution in [3.05, 3.63) is 81.2 Å². The number of fused-ring (bicyclic) bond motifs is 2. The molecule has 35 heavy (non-hydrogen) atoms. The van der Waals surface area contributed by atoms with E-state index < -0.39 is 5.54 Å². The van der Waals surface area contributed by atoms with Gasteiger partial charge >= 0.3 is 0 Å². The molecule has 6 rings (SSSR count). The minimum atomic E-state index is -0.537. The zero-order valence-electron chi connectivity index (χ0n) is 19.7. The third-order valence-electron chi connectivity index (χ3n) is 6.83. The van der Waals surface area contributed by atoms with Crippen LogP contribution in [0.25, 0.3) is 21.7 Å². The molecular formula is C26H26N8O. The number of rotatable bonds is 5. The van der Waals surface area contributed by atoms with E-state index in [-0.39, 0.29) is 11.6 Å². The number of aromatic nitrogens is 5. The average molecular weight is 467 g/mol. The van der Waals surface area contributed by atoms with E-state index in [1.807, 2.05) is 38.1 Å². The van der Waals surface area contributed by atoms with Gasteiger partial charge in [-0.15, -0.1) is 0 Å². The van der Waals surface area contributed by atoms with E-state index in [1.165, 1.54) is 11.1 Å². The molecule has 3 aromatic heterocycles. The molecule has 2 N–H and O–H groups in total. The third-order valence-corrected chi connectivity index (χ3v) is 6.83. The minimum absolute atomic E-state index is 0.123. The summed E-state index contributed by atoms with van der Waals surface area (Å²) >= 11 is 0. The number of hydrogen-bond acceptors (Lipinski definition) is 6. The zero-order chi connectivity index (χ0) is 24.2. The Balaban J connectivity index is 1.46. The number of hydrogen-bond donors (Lipinski definition) is 2. The molecule has 1 aromatic carbocycles. The predicted molar refractivity (Wildman–Crippen MR) is 134 cm³/mol. The zero-order valence-corrected chi connectivity index (χ0v) is 19.7. The summed E-state index contributed by atoms with van der Waals surface area (Å²) in [5, 5.41) is 7.13. The van der Waals surface area contributed by atoms with E-state index in [0.717, 1.165) is 43.7 Å². The first-order valence-electron chi connectivity index (χ1n) is 12.0. The molecule has 0 atom stereocenters. The number of pyridine rings is 1. The van der Waals surface area contributed by atoms with Crippen molar-refractivity contribution in [2.24, 2.45) is 0 Å². The Labute approximate surface area is 202 Å². The van der Waals surface area contributed by atoms with Crippen LogP contribution in [0.15, 0.2) is 47.4 Å². The lowest BCUT2D eigenvalue weighted by molar-refractivity contribution is 0.471. The van der Waals surface area contributed by atoms with Crippen molar-refractivity contribution in [2.45, 2.75) is 51.2 Å². The van der Waals surface area contributed by atoms with Gasteiger partial charge in [-0.1, -0.05) is 12.1 Å². The molecule has 0 bridgehead atoms. The van der Waals surface area contributed by atoms with E-state index in [4.69, 9.17) is 16.5 Å². The summed E-state index contributed by atoms with van der Waals surface area (Å²) in [5.74, 6) is 0.981. The molecule has 0 amide bonds. The van der Waals surface area contributed by atoms with Gasteiger partial charge in [0.05, 0.1) is 0 Å². The first kappa shape index (κ1) is 21.5. The molecule has 1 saturated carbocycles. The normalized spacial score (nSPS) is 16.2. The third kappa shape index (κ3) is 3.58. The quantitative estimate of drug-likeness (QED) is 0.434. The van der Waals surface area contributed by atoms with E-state index in [1.54, 1.807) is 15.6 Å². The summed E-state index contributed by atoms with van der Waals surface area (Å²) in [6, 6.07) is 11.8.